The number of hydrogen-bond acceptors (Lipinski definition) is 3. The van der Waals surface area contributed by atoms with Gasteiger partial charge in [0.1, 0.15) is 5.75 Å². The van der Waals surface area contributed by atoms with Gasteiger partial charge in [0.15, 0.2) is 0 Å². The van der Waals surface area contributed by atoms with Crippen LogP contribution in [0.2, 0.25) is 0 Å². The minimum Gasteiger partial charge on any atom is -0.676 e. The molecule has 0 heterocycles. The van der Waals surface area contributed by atoms with E-state index in [1.165, 1.54) is 12.8 Å². The van der Waals surface area contributed by atoms with E-state index < -0.39 is 17.5 Å². The van der Waals surface area contributed by atoms with E-state index >= 15 is 0 Å². The van der Waals surface area contributed by atoms with Crippen molar-refractivity contribution in [1.82, 2.24) is 0 Å². The van der Waals surface area contributed by atoms with E-state index in [-0.39, 0.29) is 44.5 Å². The number of benzene rings is 1. The first-order valence-corrected chi connectivity index (χ1v) is 6.54. The van der Waals surface area contributed by atoms with Crippen molar-refractivity contribution in [2.24, 2.45) is 0 Å². The van der Waals surface area contributed by atoms with Crippen LogP contribution in [-0.2, 0) is 21.1 Å². The van der Waals surface area contributed by atoms with Gasteiger partial charge < -0.3 is 26.8 Å². The van der Waals surface area contributed by atoms with Crippen LogP contribution in [-0.4, -0.2) is 39.3 Å². The van der Waals surface area contributed by atoms with Gasteiger partial charge in [-0.1, -0.05) is 25.7 Å². The first-order chi connectivity index (χ1) is 9.82. The number of hydrogen-bond donors (Lipinski definition) is 3. The molecule has 0 saturated heterocycles. The average Bonchev–Trinajstić information content (AvgIpc) is 2.42. The topological polar surface area (TPSA) is 142 Å². The van der Waals surface area contributed by atoms with Crippen molar-refractivity contribution in [1.29, 1.82) is 0 Å². The molecule has 0 radical (unpaired) electrons. The van der Waals surface area contributed by atoms with Gasteiger partial charge >= 0.3 is 33.0 Å². The third kappa shape index (κ3) is 6.13. The van der Waals surface area contributed by atoms with E-state index in [9.17, 15) is 9.59 Å². The van der Waals surface area contributed by atoms with Crippen molar-refractivity contribution in [3.63, 3.8) is 0 Å². The fourth-order valence-corrected chi connectivity index (χ4v) is 2.03. The maximum atomic E-state index is 10.5. The predicted molar refractivity (Wildman–Crippen MR) is 76.7 cm³/mol. The first kappa shape index (κ1) is 20.6. The zero-order valence-corrected chi connectivity index (χ0v) is 14.0. The van der Waals surface area contributed by atoms with Gasteiger partial charge in [0.05, 0.1) is 11.1 Å². The summed E-state index contributed by atoms with van der Waals surface area (Å²) in [6, 6.07) is 2.90. The molecule has 1 aromatic rings. The zero-order valence-electron chi connectivity index (χ0n) is 11.7. The Morgan fingerprint density at radius 1 is 0.955 bits per heavy atom. The summed E-state index contributed by atoms with van der Waals surface area (Å²) in [6.45, 7) is 0. The number of aromatic carboxylic acids is 2. The summed E-state index contributed by atoms with van der Waals surface area (Å²) in [5.41, 5.74) is 13.8. The summed E-state index contributed by atoms with van der Waals surface area (Å²) >= 11 is 0. The second-order valence-electron chi connectivity index (χ2n) is 4.84. The van der Waals surface area contributed by atoms with Crippen LogP contribution in [0.4, 0.5) is 0 Å². The zero-order chi connectivity index (χ0) is 16.0. The summed E-state index contributed by atoms with van der Waals surface area (Å²) in [4.78, 5) is 21.0. The second-order valence-corrected chi connectivity index (χ2v) is 4.84. The molecule has 124 valence electrons. The molecule has 1 saturated carbocycles. The molecular weight excluding hydrogens is 471 g/mol. The molecule has 5 N–H and O–H groups in total. The average molecular weight is 489 g/mol. The Labute approximate surface area is 142 Å². The summed E-state index contributed by atoms with van der Waals surface area (Å²) in [6.07, 6.45) is 4.25. The molecule has 22 heavy (non-hydrogen) atoms. The molecule has 2 unspecified atom stereocenters. The van der Waals surface area contributed by atoms with E-state index in [0.29, 0.717) is 0 Å². The Hall–Kier alpha value is -1.43. The molecule has 0 spiro atoms. The molecule has 0 aromatic heterocycles. The Balaban J connectivity index is 0.000000423. The normalized spacial score (nSPS) is 20.1. The number of carboxylic acids is 2. The number of phenols is 1. The summed E-state index contributed by atoms with van der Waals surface area (Å²) in [5, 5.41) is 26.0. The number of aromatic hydroxyl groups is 1. The van der Waals surface area contributed by atoms with E-state index in [4.69, 9.17) is 26.8 Å². The molecule has 7 nitrogen and oxygen atoms in total. The van der Waals surface area contributed by atoms with Gasteiger partial charge in [-0.2, -0.15) is 12.1 Å². The van der Waals surface area contributed by atoms with Crippen LogP contribution in [0.1, 0.15) is 46.4 Å². The van der Waals surface area contributed by atoms with Gasteiger partial charge in [-0.25, -0.2) is 9.59 Å². The number of phenolic OH excluding ortho intramolecular Hbond substituents is 1. The Bertz CT molecular complexity index is 514. The second kappa shape index (κ2) is 9.56. The van der Waals surface area contributed by atoms with Crippen molar-refractivity contribution in [3.8, 4) is 5.75 Å². The minimum atomic E-state index is -1.38. The van der Waals surface area contributed by atoms with E-state index in [2.05, 4.69) is 0 Å². The number of nitrogens with one attached hydrogen (secondary N) is 2. The molecule has 1 fully saturated rings. The van der Waals surface area contributed by atoms with Crippen molar-refractivity contribution in [2.75, 3.05) is 0 Å². The molecule has 2 rings (SSSR count). The van der Waals surface area contributed by atoms with Gasteiger partial charge in [-0.3, -0.25) is 0 Å². The minimum absolute atomic E-state index is 0. The van der Waals surface area contributed by atoms with Crippen LogP contribution < -0.4 is 0 Å². The maximum Gasteiger partial charge on any atom is 2.00 e. The van der Waals surface area contributed by atoms with E-state index in [1.807, 2.05) is 0 Å². The van der Waals surface area contributed by atoms with Gasteiger partial charge in [0.2, 0.25) is 0 Å². The SMILES string of the molecule is O=C(O)c1ccc(O)cc1C(=O)O.[NH-]C1CCCCC1[NH-].[Pt+2]. The number of carbonyl (C=O) groups is 2. The monoisotopic (exact) mass is 489 g/mol. The number of carboxylic acid groups (broad SMARTS) is 2. The third-order valence-electron chi connectivity index (χ3n) is 3.23. The van der Waals surface area contributed by atoms with Crippen LogP contribution in [0.3, 0.4) is 0 Å². The van der Waals surface area contributed by atoms with Crippen molar-refractivity contribution in [3.05, 3.63) is 40.8 Å². The fraction of sp³-hybridized carbons (Fsp3) is 0.429. The maximum absolute atomic E-state index is 10.5. The molecule has 8 heteroatoms. The van der Waals surface area contributed by atoms with Crippen LogP contribution in [0.25, 0.3) is 11.5 Å². The molecule has 1 aliphatic carbocycles. The molecule has 0 amide bonds. The molecule has 2 atom stereocenters. The molecule has 1 aliphatic rings. The quantitative estimate of drug-likeness (QED) is 0.585. The largest absolute Gasteiger partial charge is 2.00 e. The van der Waals surface area contributed by atoms with Crippen LogP contribution >= 0.6 is 0 Å². The van der Waals surface area contributed by atoms with Crippen molar-refractivity contribution >= 4 is 11.9 Å². The van der Waals surface area contributed by atoms with Crippen molar-refractivity contribution in [2.45, 2.75) is 37.8 Å². The van der Waals surface area contributed by atoms with Gasteiger partial charge in [-0.05, 0) is 18.2 Å². The van der Waals surface area contributed by atoms with Gasteiger partial charge in [0, 0.05) is 0 Å². The number of rotatable bonds is 2. The Morgan fingerprint density at radius 3 is 1.77 bits per heavy atom. The van der Waals surface area contributed by atoms with Gasteiger partial charge in [0.25, 0.3) is 0 Å². The van der Waals surface area contributed by atoms with Crippen LogP contribution in [0, 0.1) is 0 Å². The summed E-state index contributed by atoms with van der Waals surface area (Å²) in [7, 11) is 0. The molecular formula is C14H18N2O5Pt. The van der Waals surface area contributed by atoms with Crippen molar-refractivity contribution < 1.29 is 46.0 Å². The Kier molecular flexibility index (Phi) is 8.94. The van der Waals surface area contributed by atoms with Gasteiger partial charge in [-0.15, -0.1) is 0 Å². The van der Waals surface area contributed by atoms with Crippen LogP contribution in [0.5, 0.6) is 5.75 Å². The van der Waals surface area contributed by atoms with Crippen LogP contribution in [0.15, 0.2) is 18.2 Å². The first-order valence-electron chi connectivity index (χ1n) is 6.54. The molecule has 0 bridgehead atoms. The standard InChI is InChI=1S/C8H6O5.C6H12N2.Pt/c9-4-1-2-5(7(10)11)6(3-4)8(12)13;7-5-3-1-2-4-6(5)8;/h1-3,9H,(H,10,11)(H,12,13);5-8H,1-4H2;/q;-2;+2. The third-order valence-corrected chi connectivity index (χ3v) is 3.23. The molecule has 0 aliphatic heterocycles. The molecule has 1 aromatic carbocycles. The van der Waals surface area contributed by atoms with E-state index in [0.717, 1.165) is 31.0 Å². The predicted octanol–water partition coefficient (Wildman–Crippen LogP) is 3.19. The fourth-order valence-electron chi connectivity index (χ4n) is 2.03. The van der Waals surface area contributed by atoms with E-state index in [1.54, 1.807) is 0 Å². The Morgan fingerprint density at radius 2 is 1.41 bits per heavy atom. The smallest absolute Gasteiger partial charge is 0.676 e. The summed E-state index contributed by atoms with van der Waals surface area (Å²) < 4.78 is 0. The summed E-state index contributed by atoms with van der Waals surface area (Å²) in [5.74, 6) is -2.99.